The summed E-state index contributed by atoms with van der Waals surface area (Å²) in [6.45, 7) is 3.58. The van der Waals surface area contributed by atoms with Gasteiger partial charge in [0, 0.05) is 0 Å². The molecule has 25 heavy (non-hydrogen) atoms. The molecule has 0 aliphatic carbocycles. The average Bonchev–Trinajstić information content (AvgIpc) is 2.59. The maximum absolute atomic E-state index is 10.3. The number of allylic oxidation sites excluding steroid dienone is 4. The minimum atomic E-state index is -4.00. The Morgan fingerprint density at radius 2 is 1.24 bits per heavy atom. The third-order valence-corrected chi connectivity index (χ3v) is 3.16. The zero-order chi connectivity index (χ0) is 17.7. The normalized spacial score (nSPS) is 11.1. The molecule has 0 fully saturated rings. The van der Waals surface area contributed by atoms with Crippen molar-refractivity contribution in [2.75, 3.05) is 0 Å². The molecule has 0 amide bonds. The van der Waals surface area contributed by atoms with Crippen molar-refractivity contribution in [2.45, 2.75) is 0 Å². The first-order valence-electron chi connectivity index (χ1n) is 7.23. The van der Waals surface area contributed by atoms with E-state index < -0.39 is 10.1 Å². The summed E-state index contributed by atoms with van der Waals surface area (Å²) >= 11 is 0. The van der Waals surface area contributed by atoms with Crippen molar-refractivity contribution >= 4 is 51.8 Å². The molecule has 3 nitrogen and oxygen atoms in total. The van der Waals surface area contributed by atoms with Crippen LogP contribution in [0.3, 0.4) is 0 Å². The Morgan fingerprint density at radius 1 is 0.760 bits per heavy atom. The van der Waals surface area contributed by atoms with Gasteiger partial charge in [-0.3, -0.25) is 4.55 Å². The summed E-state index contributed by atoms with van der Waals surface area (Å²) in [4.78, 5) is 0. The summed E-state index contributed by atoms with van der Waals surface area (Å²) in [6, 6.07) is 19.1. The zero-order valence-corrected chi connectivity index (χ0v) is 14.0. The van der Waals surface area contributed by atoms with Crippen LogP contribution in [0.25, 0.3) is 12.2 Å². The molecule has 126 valence electrons. The van der Waals surface area contributed by atoms with Gasteiger partial charge in [-0.25, -0.2) is 0 Å². The summed E-state index contributed by atoms with van der Waals surface area (Å²) < 4.78 is 28.9. The molecule has 1 N–H and O–H groups in total. The summed E-state index contributed by atoms with van der Waals surface area (Å²) in [5.74, 6) is 0. The first-order valence-corrected chi connectivity index (χ1v) is 8.73. The van der Waals surface area contributed by atoms with Gasteiger partial charge in [0.15, 0.2) is 0 Å². The zero-order valence-electron chi connectivity index (χ0n) is 13.2. The van der Waals surface area contributed by atoms with E-state index in [-0.39, 0.29) is 29.6 Å². The molecule has 2 aromatic rings. The first kappa shape index (κ1) is 23.3. The Bertz CT molecular complexity index is 793. The van der Waals surface area contributed by atoms with Gasteiger partial charge in [0.05, 0.1) is 5.41 Å². The fourth-order valence-electron chi connectivity index (χ4n) is 1.60. The Labute approximate surface area is 172 Å². The van der Waals surface area contributed by atoms with E-state index in [0.717, 1.165) is 11.0 Å². The van der Waals surface area contributed by atoms with Crippen LogP contribution in [0, 0.1) is 0 Å². The van der Waals surface area contributed by atoms with Crippen LogP contribution in [0.1, 0.15) is 11.1 Å². The van der Waals surface area contributed by atoms with Crippen molar-refractivity contribution in [1.82, 2.24) is 0 Å². The quantitative estimate of drug-likeness (QED) is 0.488. The van der Waals surface area contributed by atoms with Crippen molar-refractivity contribution in [3.63, 3.8) is 0 Å². The Balaban J connectivity index is 0.000000443. The van der Waals surface area contributed by atoms with Gasteiger partial charge in [-0.2, -0.15) is 8.42 Å². The minimum absolute atomic E-state index is 0. The fourth-order valence-corrected chi connectivity index (χ4v) is 1.93. The maximum atomic E-state index is 10.3. The molecule has 0 bridgehead atoms. The Hall–Kier alpha value is -1.69. The molecule has 0 spiro atoms. The molecule has 0 unspecified atom stereocenters. The number of rotatable bonds is 5. The number of hydrogen-bond acceptors (Lipinski definition) is 2. The molecule has 0 aliphatic heterocycles. The second kappa shape index (κ2) is 13.6. The third-order valence-electron chi connectivity index (χ3n) is 2.68. The molecule has 0 saturated heterocycles. The van der Waals surface area contributed by atoms with Crippen LogP contribution in [0.15, 0.2) is 97.0 Å². The monoisotopic (exact) mass is 364 g/mol. The molecular formula is C20H21NaO3S. The Morgan fingerprint density at radius 3 is 1.68 bits per heavy atom. The van der Waals surface area contributed by atoms with Crippen molar-refractivity contribution in [1.29, 1.82) is 0 Å². The molecule has 0 atom stereocenters. The summed E-state index contributed by atoms with van der Waals surface area (Å²) in [6.07, 6.45) is 11.0. The van der Waals surface area contributed by atoms with E-state index in [4.69, 9.17) is 4.55 Å². The van der Waals surface area contributed by atoms with E-state index in [1.807, 2.05) is 42.5 Å². The van der Waals surface area contributed by atoms with Crippen molar-refractivity contribution in [2.24, 2.45) is 0 Å². The molecular weight excluding hydrogens is 343 g/mol. The van der Waals surface area contributed by atoms with Gasteiger partial charge in [0.1, 0.15) is 0 Å². The summed E-state index contributed by atoms with van der Waals surface area (Å²) in [5, 5.41) is 0.752. The SMILES string of the molecule is C=CC=CC=Cc1ccccc1.O=S(=O)(O)C=Cc1ccccc1.[NaH]. The average molecular weight is 364 g/mol. The van der Waals surface area contributed by atoms with Crippen molar-refractivity contribution < 1.29 is 13.0 Å². The van der Waals surface area contributed by atoms with Gasteiger partial charge in [-0.1, -0.05) is 97.6 Å². The summed E-state index contributed by atoms with van der Waals surface area (Å²) in [5.41, 5.74) is 1.95. The number of benzene rings is 2. The van der Waals surface area contributed by atoms with Crippen LogP contribution >= 0.6 is 0 Å². The van der Waals surface area contributed by atoms with Gasteiger partial charge < -0.3 is 0 Å². The second-order valence-corrected chi connectivity index (χ2v) is 5.92. The standard InChI is InChI=1S/C12H12.C8H8O3S.Na.H/c1-2-3-4-6-9-12-10-7-5-8-11-12;9-12(10,11)7-6-8-4-2-1-3-5-8;;/h2-11H,1H2;1-7H,(H,9,10,11);;. The van der Waals surface area contributed by atoms with Gasteiger partial charge in [-0.15, -0.1) is 0 Å². The third kappa shape index (κ3) is 13.3. The van der Waals surface area contributed by atoms with Gasteiger partial charge in [0.2, 0.25) is 0 Å². The second-order valence-electron chi connectivity index (χ2n) is 4.62. The van der Waals surface area contributed by atoms with Crippen molar-refractivity contribution in [3.8, 4) is 0 Å². The molecule has 2 aromatic carbocycles. The van der Waals surface area contributed by atoms with E-state index >= 15 is 0 Å². The topological polar surface area (TPSA) is 54.4 Å². The molecule has 0 heterocycles. The van der Waals surface area contributed by atoms with Crippen LogP contribution in [0.5, 0.6) is 0 Å². The predicted molar refractivity (Wildman–Crippen MR) is 109 cm³/mol. The molecule has 2 rings (SSSR count). The predicted octanol–water partition coefficient (Wildman–Crippen LogP) is 4.34. The number of hydrogen-bond donors (Lipinski definition) is 1. The van der Waals surface area contributed by atoms with Gasteiger partial charge >= 0.3 is 29.6 Å². The fraction of sp³-hybridized carbons (Fsp3) is 0. The van der Waals surface area contributed by atoms with E-state index in [2.05, 4.69) is 24.8 Å². The molecule has 0 radical (unpaired) electrons. The van der Waals surface area contributed by atoms with Crippen LogP contribution < -0.4 is 0 Å². The summed E-state index contributed by atoms with van der Waals surface area (Å²) in [7, 11) is -4.00. The van der Waals surface area contributed by atoms with E-state index in [1.165, 1.54) is 11.6 Å². The van der Waals surface area contributed by atoms with Crippen molar-refractivity contribution in [3.05, 3.63) is 108 Å². The van der Waals surface area contributed by atoms with Crippen LogP contribution in [-0.4, -0.2) is 42.5 Å². The molecule has 5 heteroatoms. The van der Waals surface area contributed by atoms with Gasteiger partial charge in [-0.05, 0) is 17.2 Å². The van der Waals surface area contributed by atoms with Crippen LogP contribution in [0.4, 0.5) is 0 Å². The first-order chi connectivity index (χ1) is 11.5. The van der Waals surface area contributed by atoms with E-state index in [0.29, 0.717) is 0 Å². The molecule has 0 saturated carbocycles. The Kier molecular flexibility index (Phi) is 12.7. The van der Waals surface area contributed by atoms with Gasteiger partial charge in [0.25, 0.3) is 10.1 Å². The molecule has 0 aliphatic rings. The van der Waals surface area contributed by atoms with Crippen LogP contribution in [0.2, 0.25) is 0 Å². The van der Waals surface area contributed by atoms with E-state index in [9.17, 15) is 8.42 Å². The molecule has 0 aromatic heterocycles. The van der Waals surface area contributed by atoms with E-state index in [1.54, 1.807) is 30.3 Å². The van der Waals surface area contributed by atoms with Crippen LogP contribution in [-0.2, 0) is 10.1 Å².